The number of hydrogen-bond donors (Lipinski definition) is 2. The first-order valence-electron chi connectivity index (χ1n) is 7.06. The summed E-state index contributed by atoms with van der Waals surface area (Å²) in [5.41, 5.74) is -0.404. The number of urea groups is 1. The number of carboxylic acid groups (broad SMARTS) is 1. The fourth-order valence-electron chi connectivity index (χ4n) is 2.49. The first kappa shape index (κ1) is 16.8. The maximum absolute atomic E-state index is 12.3. The minimum absolute atomic E-state index is 0.0456. The van der Waals surface area contributed by atoms with Gasteiger partial charge >= 0.3 is 12.0 Å². The first-order valence-corrected chi connectivity index (χ1v) is 7.06. The highest BCUT2D eigenvalue weighted by Crippen LogP contribution is 2.22. The summed E-state index contributed by atoms with van der Waals surface area (Å²) < 4.78 is 5.29. The molecule has 0 aromatic carbocycles. The van der Waals surface area contributed by atoms with Crippen LogP contribution in [0.25, 0.3) is 0 Å². The van der Waals surface area contributed by atoms with Gasteiger partial charge in [0.1, 0.15) is 0 Å². The highest BCUT2D eigenvalue weighted by atomic mass is 16.5. The quantitative estimate of drug-likeness (QED) is 0.808. The zero-order chi connectivity index (χ0) is 15.3. The number of amides is 2. The van der Waals surface area contributed by atoms with Crippen molar-refractivity contribution in [3.63, 3.8) is 0 Å². The number of carbonyl (C=O) groups excluding carboxylic acids is 1. The molecule has 0 aromatic rings. The molecular formula is C14H26N2O4. The van der Waals surface area contributed by atoms with Gasteiger partial charge in [-0.05, 0) is 40.0 Å². The number of nitrogens with zero attached hydrogens (tertiary/aromatic N) is 1. The summed E-state index contributed by atoms with van der Waals surface area (Å²) in [6.45, 7) is 5.92. The van der Waals surface area contributed by atoms with Gasteiger partial charge in [0.25, 0.3) is 0 Å². The lowest BCUT2D eigenvalue weighted by atomic mass is 10.1. The molecule has 116 valence electrons. The van der Waals surface area contributed by atoms with Crippen LogP contribution >= 0.6 is 0 Å². The van der Waals surface area contributed by atoms with Gasteiger partial charge in [0.15, 0.2) is 0 Å². The summed E-state index contributed by atoms with van der Waals surface area (Å²) in [5.74, 6) is -0.896. The standard InChI is InChI=1S/C14H26N2O4/c1-14(2,3)16(8-7-12(17)18)13(19)15-10-5-6-11(9-10)20-4/h10-11H,5-9H2,1-4H3,(H,15,19)(H,17,18). The zero-order valence-electron chi connectivity index (χ0n) is 12.8. The predicted octanol–water partition coefficient (Wildman–Crippen LogP) is 1.84. The Labute approximate surface area is 120 Å². The molecular weight excluding hydrogens is 260 g/mol. The summed E-state index contributed by atoms with van der Waals surface area (Å²) in [7, 11) is 1.68. The molecule has 0 spiro atoms. The number of hydrogen-bond acceptors (Lipinski definition) is 3. The van der Waals surface area contributed by atoms with Gasteiger partial charge in [0.2, 0.25) is 0 Å². The van der Waals surface area contributed by atoms with Crippen molar-refractivity contribution in [3.8, 4) is 0 Å². The van der Waals surface area contributed by atoms with Gasteiger partial charge in [-0.25, -0.2) is 4.79 Å². The number of carbonyl (C=O) groups is 2. The van der Waals surface area contributed by atoms with Crippen LogP contribution in [0.1, 0.15) is 46.5 Å². The van der Waals surface area contributed by atoms with Crippen LogP contribution in [0.3, 0.4) is 0 Å². The van der Waals surface area contributed by atoms with Gasteiger partial charge in [-0.1, -0.05) is 0 Å². The van der Waals surface area contributed by atoms with Crippen molar-refractivity contribution in [2.45, 2.75) is 64.1 Å². The van der Waals surface area contributed by atoms with Crippen molar-refractivity contribution in [2.24, 2.45) is 0 Å². The Balaban J connectivity index is 2.57. The lowest BCUT2D eigenvalue weighted by molar-refractivity contribution is -0.137. The largest absolute Gasteiger partial charge is 0.481 e. The van der Waals surface area contributed by atoms with Gasteiger partial charge < -0.3 is 20.1 Å². The van der Waals surface area contributed by atoms with E-state index in [1.54, 1.807) is 12.0 Å². The van der Waals surface area contributed by atoms with Crippen molar-refractivity contribution < 1.29 is 19.4 Å². The van der Waals surface area contributed by atoms with E-state index in [4.69, 9.17) is 9.84 Å². The second-order valence-electron chi connectivity index (χ2n) is 6.28. The number of aliphatic carboxylic acids is 1. The highest BCUT2D eigenvalue weighted by molar-refractivity contribution is 5.76. The summed E-state index contributed by atoms with van der Waals surface area (Å²) in [6.07, 6.45) is 2.84. The Kier molecular flexibility index (Phi) is 5.80. The van der Waals surface area contributed by atoms with E-state index >= 15 is 0 Å². The Bertz CT molecular complexity index is 352. The molecule has 2 atom stereocenters. The van der Waals surface area contributed by atoms with E-state index in [9.17, 15) is 9.59 Å². The molecule has 6 heteroatoms. The fourth-order valence-corrected chi connectivity index (χ4v) is 2.49. The third-order valence-electron chi connectivity index (χ3n) is 3.65. The van der Waals surface area contributed by atoms with Crippen LogP contribution in [0, 0.1) is 0 Å². The van der Waals surface area contributed by atoms with Crippen LogP contribution in [-0.4, -0.2) is 53.3 Å². The van der Waals surface area contributed by atoms with Crippen molar-refractivity contribution in [2.75, 3.05) is 13.7 Å². The summed E-state index contributed by atoms with van der Waals surface area (Å²) in [5, 5.41) is 11.8. The molecule has 2 N–H and O–H groups in total. The van der Waals surface area contributed by atoms with E-state index in [2.05, 4.69) is 5.32 Å². The zero-order valence-corrected chi connectivity index (χ0v) is 12.8. The van der Waals surface area contributed by atoms with Gasteiger partial charge in [-0.15, -0.1) is 0 Å². The molecule has 6 nitrogen and oxygen atoms in total. The number of rotatable bonds is 5. The van der Waals surface area contributed by atoms with Crippen LogP contribution in [0.15, 0.2) is 0 Å². The summed E-state index contributed by atoms with van der Waals surface area (Å²) in [6, 6.07) is -0.0809. The number of methoxy groups -OCH3 is 1. The molecule has 1 rings (SSSR count). The Hall–Kier alpha value is -1.30. The molecule has 0 aromatic heterocycles. The van der Waals surface area contributed by atoms with Gasteiger partial charge in [0, 0.05) is 25.2 Å². The van der Waals surface area contributed by atoms with Gasteiger partial charge in [-0.3, -0.25) is 4.79 Å². The van der Waals surface area contributed by atoms with Crippen LogP contribution in [-0.2, 0) is 9.53 Å². The highest BCUT2D eigenvalue weighted by Gasteiger charge is 2.31. The monoisotopic (exact) mass is 286 g/mol. The Morgan fingerprint density at radius 3 is 2.45 bits per heavy atom. The third-order valence-corrected chi connectivity index (χ3v) is 3.65. The number of carboxylic acids is 1. The molecule has 1 aliphatic carbocycles. The summed E-state index contributed by atoms with van der Waals surface area (Å²) in [4.78, 5) is 24.6. The molecule has 1 fully saturated rings. The van der Waals surface area contributed by atoms with E-state index in [1.165, 1.54) is 0 Å². The van der Waals surface area contributed by atoms with Crippen LogP contribution in [0.5, 0.6) is 0 Å². The molecule has 0 heterocycles. The average Bonchev–Trinajstić information content (AvgIpc) is 2.74. The Morgan fingerprint density at radius 2 is 2.00 bits per heavy atom. The lowest BCUT2D eigenvalue weighted by Gasteiger charge is -2.36. The molecule has 0 saturated heterocycles. The molecule has 0 bridgehead atoms. The molecule has 0 radical (unpaired) electrons. The maximum atomic E-state index is 12.3. The average molecular weight is 286 g/mol. The Morgan fingerprint density at radius 1 is 1.35 bits per heavy atom. The van der Waals surface area contributed by atoms with Crippen LogP contribution in [0.2, 0.25) is 0 Å². The number of ether oxygens (including phenoxy) is 1. The second kappa shape index (κ2) is 6.92. The normalized spacial score (nSPS) is 22.6. The molecule has 1 saturated carbocycles. The van der Waals surface area contributed by atoms with E-state index in [1.807, 2.05) is 20.8 Å². The van der Waals surface area contributed by atoms with Gasteiger partial charge in [0.05, 0.1) is 12.5 Å². The number of nitrogens with one attached hydrogen (secondary N) is 1. The topological polar surface area (TPSA) is 78.9 Å². The molecule has 20 heavy (non-hydrogen) atoms. The van der Waals surface area contributed by atoms with Crippen LogP contribution < -0.4 is 5.32 Å². The van der Waals surface area contributed by atoms with E-state index < -0.39 is 11.5 Å². The fraction of sp³-hybridized carbons (Fsp3) is 0.857. The van der Waals surface area contributed by atoms with Gasteiger partial charge in [-0.2, -0.15) is 0 Å². The van der Waals surface area contributed by atoms with Crippen molar-refractivity contribution in [1.82, 2.24) is 10.2 Å². The molecule has 0 aliphatic heterocycles. The molecule has 2 unspecified atom stereocenters. The van der Waals surface area contributed by atoms with E-state index in [0.717, 1.165) is 19.3 Å². The summed E-state index contributed by atoms with van der Waals surface area (Å²) >= 11 is 0. The minimum atomic E-state index is -0.896. The molecule has 1 aliphatic rings. The molecule has 2 amide bonds. The maximum Gasteiger partial charge on any atom is 0.318 e. The second-order valence-corrected chi connectivity index (χ2v) is 6.28. The van der Waals surface area contributed by atoms with Crippen molar-refractivity contribution in [1.29, 1.82) is 0 Å². The smallest absolute Gasteiger partial charge is 0.318 e. The van der Waals surface area contributed by atoms with E-state index in [0.29, 0.717) is 0 Å². The van der Waals surface area contributed by atoms with Crippen LogP contribution in [0.4, 0.5) is 4.79 Å². The minimum Gasteiger partial charge on any atom is -0.481 e. The van der Waals surface area contributed by atoms with Crippen molar-refractivity contribution >= 4 is 12.0 Å². The van der Waals surface area contributed by atoms with Crippen molar-refractivity contribution in [3.05, 3.63) is 0 Å². The third kappa shape index (κ3) is 5.00. The lowest BCUT2D eigenvalue weighted by Crippen LogP contribution is -2.53. The predicted molar refractivity (Wildman–Crippen MR) is 75.7 cm³/mol. The van der Waals surface area contributed by atoms with E-state index in [-0.39, 0.29) is 31.1 Å². The SMILES string of the molecule is COC1CCC(NC(=O)N(CCC(=O)O)C(C)(C)C)C1. The first-order chi connectivity index (χ1) is 9.24.